The van der Waals surface area contributed by atoms with E-state index in [2.05, 4.69) is 56.1 Å². The van der Waals surface area contributed by atoms with Crippen LogP contribution in [0, 0.1) is 20.8 Å². The van der Waals surface area contributed by atoms with Gasteiger partial charge >= 0.3 is 0 Å². The lowest BCUT2D eigenvalue weighted by Crippen LogP contribution is -2.01. The van der Waals surface area contributed by atoms with E-state index in [1.165, 1.54) is 27.6 Å². The Balaban J connectivity index is 1.82. The maximum atomic E-state index is 5.96. The number of aromatic amines is 1. The molecule has 2 heteroatoms. The molecule has 0 atom stereocenters. The van der Waals surface area contributed by atoms with E-state index >= 15 is 0 Å². The number of hydrogen-bond donors (Lipinski definition) is 1. The first-order chi connectivity index (χ1) is 9.63. The van der Waals surface area contributed by atoms with Gasteiger partial charge in [0.05, 0.1) is 0 Å². The predicted molar refractivity (Wildman–Crippen MR) is 83.3 cm³/mol. The third kappa shape index (κ3) is 2.42. The van der Waals surface area contributed by atoms with Gasteiger partial charge in [0.1, 0.15) is 12.4 Å². The van der Waals surface area contributed by atoms with Crippen LogP contribution in [-0.2, 0) is 6.61 Å². The van der Waals surface area contributed by atoms with Gasteiger partial charge in [0, 0.05) is 17.1 Å². The fraction of sp³-hybridized carbons (Fsp3) is 0.222. The van der Waals surface area contributed by atoms with E-state index < -0.39 is 0 Å². The molecule has 0 saturated heterocycles. The molecular weight excluding hydrogens is 246 g/mol. The van der Waals surface area contributed by atoms with Crippen molar-refractivity contribution in [2.24, 2.45) is 0 Å². The molecule has 0 aliphatic rings. The fourth-order valence-electron chi connectivity index (χ4n) is 2.71. The van der Waals surface area contributed by atoms with Crippen molar-refractivity contribution >= 4 is 10.9 Å². The lowest BCUT2D eigenvalue weighted by molar-refractivity contribution is 0.305. The van der Waals surface area contributed by atoms with Gasteiger partial charge < -0.3 is 9.72 Å². The van der Waals surface area contributed by atoms with E-state index in [1.54, 1.807) is 0 Å². The number of hydrogen-bond acceptors (Lipinski definition) is 1. The lowest BCUT2D eigenvalue weighted by Gasteiger charge is -2.13. The van der Waals surface area contributed by atoms with Gasteiger partial charge in [-0.15, -0.1) is 0 Å². The van der Waals surface area contributed by atoms with Gasteiger partial charge in [0.15, 0.2) is 0 Å². The fourth-order valence-corrected chi connectivity index (χ4v) is 2.71. The Morgan fingerprint density at radius 2 is 1.70 bits per heavy atom. The summed E-state index contributed by atoms with van der Waals surface area (Å²) in [6, 6.07) is 12.6. The van der Waals surface area contributed by atoms with Crippen LogP contribution in [0.3, 0.4) is 0 Å². The first kappa shape index (κ1) is 12.8. The maximum absolute atomic E-state index is 5.96. The van der Waals surface area contributed by atoms with Gasteiger partial charge in [-0.3, -0.25) is 0 Å². The summed E-state index contributed by atoms with van der Waals surface area (Å²) in [5.41, 5.74) is 6.32. The molecule has 102 valence electrons. The number of aromatic nitrogens is 1. The molecule has 2 aromatic carbocycles. The molecule has 3 aromatic rings. The summed E-state index contributed by atoms with van der Waals surface area (Å²) in [6.07, 6.45) is 1.95. The Morgan fingerprint density at radius 3 is 2.45 bits per heavy atom. The van der Waals surface area contributed by atoms with Crippen molar-refractivity contribution in [3.05, 3.63) is 64.8 Å². The molecule has 0 aliphatic heterocycles. The van der Waals surface area contributed by atoms with E-state index in [1.807, 2.05) is 12.3 Å². The molecule has 0 amide bonds. The van der Waals surface area contributed by atoms with Crippen molar-refractivity contribution < 1.29 is 4.74 Å². The molecule has 3 rings (SSSR count). The molecule has 1 N–H and O–H groups in total. The molecular formula is C18H19NO. The van der Waals surface area contributed by atoms with Gasteiger partial charge in [0.2, 0.25) is 0 Å². The molecule has 0 fully saturated rings. The molecule has 0 bridgehead atoms. The molecule has 1 aromatic heterocycles. The van der Waals surface area contributed by atoms with Crippen LogP contribution in [0.1, 0.15) is 22.3 Å². The third-order valence-corrected chi connectivity index (χ3v) is 3.75. The molecule has 0 unspecified atom stereocenters. The number of aryl methyl sites for hydroxylation is 3. The summed E-state index contributed by atoms with van der Waals surface area (Å²) in [7, 11) is 0. The zero-order valence-electron chi connectivity index (χ0n) is 12.2. The normalized spacial score (nSPS) is 10.9. The van der Waals surface area contributed by atoms with Gasteiger partial charge in [-0.25, -0.2) is 0 Å². The SMILES string of the molecule is Cc1cc(C)c(COc2ccc3[nH]ccc3c2)c(C)c1. The van der Waals surface area contributed by atoms with Crippen molar-refractivity contribution in [3.8, 4) is 5.75 Å². The van der Waals surface area contributed by atoms with Crippen molar-refractivity contribution in [1.82, 2.24) is 4.98 Å². The highest BCUT2D eigenvalue weighted by Gasteiger charge is 2.05. The Bertz CT molecular complexity index is 732. The number of rotatable bonds is 3. The maximum Gasteiger partial charge on any atom is 0.120 e. The topological polar surface area (TPSA) is 25.0 Å². The molecule has 0 spiro atoms. The second kappa shape index (κ2) is 5.04. The Kier molecular flexibility index (Phi) is 3.23. The minimum atomic E-state index is 0.619. The van der Waals surface area contributed by atoms with E-state index in [0.717, 1.165) is 11.3 Å². The minimum absolute atomic E-state index is 0.619. The van der Waals surface area contributed by atoms with E-state index in [-0.39, 0.29) is 0 Å². The number of fused-ring (bicyclic) bond motifs is 1. The largest absolute Gasteiger partial charge is 0.489 e. The Hall–Kier alpha value is -2.22. The van der Waals surface area contributed by atoms with Crippen LogP contribution in [0.2, 0.25) is 0 Å². The van der Waals surface area contributed by atoms with Crippen molar-refractivity contribution in [2.45, 2.75) is 27.4 Å². The first-order valence-electron chi connectivity index (χ1n) is 6.90. The highest BCUT2D eigenvalue weighted by molar-refractivity contribution is 5.80. The van der Waals surface area contributed by atoms with Crippen molar-refractivity contribution in [3.63, 3.8) is 0 Å². The van der Waals surface area contributed by atoms with Gasteiger partial charge in [-0.05, 0) is 61.7 Å². The van der Waals surface area contributed by atoms with Gasteiger partial charge in [-0.1, -0.05) is 17.7 Å². The smallest absolute Gasteiger partial charge is 0.120 e. The lowest BCUT2D eigenvalue weighted by atomic mass is 10.0. The van der Waals surface area contributed by atoms with Crippen molar-refractivity contribution in [1.29, 1.82) is 0 Å². The average molecular weight is 265 g/mol. The van der Waals surface area contributed by atoms with Crippen LogP contribution in [0.5, 0.6) is 5.75 Å². The zero-order chi connectivity index (χ0) is 14.1. The van der Waals surface area contributed by atoms with E-state index in [9.17, 15) is 0 Å². The summed E-state index contributed by atoms with van der Waals surface area (Å²) < 4.78 is 5.96. The summed E-state index contributed by atoms with van der Waals surface area (Å²) in [4.78, 5) is 3.19. The van der Waals surface area contributed by atoms with Crippen molar-refractivity contribution in [2.75, 3.05) is 0 Å². The quantitative estimate of drug-likeness (QED) is 0.731. The number of H-pyrrole nitrogens is 1. The summed E-state index contributed by atoms with van der Waals surface area (Å²) in [5.74, 6) is 0.913. The summed E-state index contributed by atoms with van der Waals surface area (Å²) in [6.45, 7) is 7.04. The molecule has 2 nitrogen and oxygen atoms in total. The van der Waals surface area contributed by atoms with Crippen LogP contribution >= 0.6 is 0 Å². The zero-order valence-corrected chi connectivity index (χ0v) is 12.2. The Labute approximate surface area is 119 Å². The average Bonchev–Trinajstić information content (AvgIpc) is 2.84. The van der Waals surface area contributed by atoms with Crippen LogP contribution in [0.25, 0.3) is 10.9 Å². The second-order valence-corrected chi connectivity index (χ2v) is 5.39. The third-order valence-electron chi connectivity index (χ3n) is 3.75. The van der Waals surface area contributed by atoms with Gasteiger partial charge in [0.25, 0.3) is 0 Å². The van der Waals surface area contributed by atoms with Crippen LogP contribution in [0.4, 0.5) is 0 Å². The second-order valence-electron chi connectivity index (χ2n) is 5.39. The first-order valence-corrected chi connectivity index (χ1v) is 6.90. The van der Waals surface area contributed by atoms with E-state index in [4.69, 9.17) is 4.74 Å². The predicted octanol–water partition coefficient (Wildman–Crippen LogP) is 4.67. The number of nitrogens with one attached hydrogen (secondary N) is 1. The van der Waals surface area contributed by atoms with Crippen LogP contribution in [0.15, 0.2) is 42.6 Å². The minimum Gasteiger partial charge on any atom is -0.489 e. The molecule has 0 radical (unpaired) electrons. The molecule has 20 heavy (non-hydrogen) atoms. The summed E-state index contributed by atoms with van der Waals surface area (Å²) >= 11 is 0. The number of benzene rings is 2. The standard InChI is InChI=1S/C18H19NO/c1-12-8-13(2)17(14(3)9-12)11-20-16-4-5-18-15(10-16)6-7-19-18/h4-10,19H,11H2,1-3H3. The Morgan fingerprint density at radius 1 is 0.950 bits per heavy atom. The molecule has 0 aliphatic carbocycles. The van der Waals surface area contributed by atoms with Crippen LogP contribution in [-0.4, -0.2) is 4.98 Å². The highest BCUT2D eigenvalue weighted by Crippen LogP contribution is 2.22. The number of ether oxygens (including phenoxy) is 1. The van der Waals surface area contributed by atoms with Gasteiger partial charge in [-0.2, -0.15) is 0 Å². The summed E-state index contributed by atoms with van der Waals surface area (Å²) in [5, 5.41) is 1.18. The highest BCUT2D eigenvalue weighted by atomic mass is 16.5. The van der Waals surface area contributed by atoms with Crippen LogP contribution < -0.4 is 4.74 Å². The van der Waals surface area contributed by atoms with E-state index in [0.29, 0.717) is 6.61 Å². The molecule has 1 heterocycles. The molecule has 0 saturated carbocycles. The monoisotopic (exact) mass is 265 g/mol.